The van der Waals surface area contributed by atoms with Crippen molar-refractivity contribution in [3.63, 3.8) is 0 Å². The molecule has 1 unspecified atom stereocenters. The first-order valence-electron chi connectivity index (χ1n) is 11.4. The van der Waals surface area contributed by atoms with Crippen LogP contribution in [0.4, 0.5) is 4.39 Å². The van der Waals surface area contributed by atoms with Gasteiger partial charge in [-0.3, -0.25) is 9.59 Å². The third-order valence-electron chi connectivity index (χ3n) is 5.83. The number of thiophene rings is 1. The summed E-state index contributed by atoms with van der Waals surface area (Å²) in [5, 5.41) is 1.97. The number of carbonyl (C=O) groups excluding carboxylic acids is 2. The second-order valence-electron chi connectivity index (χ2n) is 8.26. The fourth-order valence-corrected chi connectivity index (χ4v) is 4.33. The van der Waals surface area contributed by atoms with Crippen molar-refractivity contribution in [2.24, 2.45) is 0 Å². The van der Waals surface area contributed by atoms with E-state index in [0.717, 1.165) is 28.2 Å². The molecule has 1 aromatic heterocycles. The van der Waals surface area contributed by atoms with Gasteiger partial charge in [-0.1, -0.05) is 37.3 Å². The molecule has 2 aromatic carbocycles. The van der Waals surface area contributed by atoms with E-state index in [0.29, 0.717) is 13.1 Å². The number of methoxy groups -OCH3 is 1. The zero-order valence-corrected chi connectivity index (χ0v) is 20.7. The van der Waals surface area contributed by atoms with E-state index in [9.17, 15) is 14.0 Å². The summed E-state index contributed by atoms with van der Waals surface area (Å²) >= 11 is 1.58. The van der Waals surface area contributed by atoms with Crippen LogP contribution in [0, 0.1) is 5.82 Å². The third kappa shape index (κ3) is 7.15. The minimum absolute atomic E-state index is 0.00341. The average molecular weight is 483 g/mol. The van der Waals surface area contributed by atoms with Crippen LogP contribution in [-0.4, -0.2) is 41.3 Å². The van der Waals surface area contributed by atoms with E-state index in [1.807, 2.05) is 55.6 Å². The lowest BCUT2D eigenvalue weighted by atomic mass is 10.1. The van der Waals surface area contributed by atoms with Crippen LogP contribution in [0.15, 0.2) is 66.0 Å². The van der Waals surface area contributed by atoms with Crippen molar-refractivity contribution in [3.8, 4) is 5.75 Å². The molecule has 0 bridgehead atoms. The van der Waals surface area contributed by atoms with Crippen LogP contribution in [-0.2, 0) is 29.1 Å². The zero-order valence-electron chi connectivity index (χ0n) is 19.9. The maximum atomic E-state index is 13.5. The summed E-state index contributed by atoms with van der Waals surface area (Å²) in [4.78, 5) is 31.1. The number of hydrogen-bond donors (Lipinski definition) is 0. The molecule has 0 aliphatic rings. The molecule has 34 heavy (non-hydrogen) atoms. The number of amides is 2. The van der Waals surface area contributed by atoms with Crippen LogP contribution in [0.1, 0.15) is 36.3 Å². The second kappa shape index (κ2) is 12.3. The molecular formula is C27H31FN2O3S. The molecule has 5 nitrogen and oxygen atoms in total. The van der Waals surface area contributed by atoms with Gasteiger partial charge in [0.1, 0.15) is 18.1 Å². The van der Waals surface area contributed by atoms with Crippen molar-refractivity contribution in [2.45, 2.75) is 45.8 Å². The SMILES string of the molecule is CCC(C)N(CC(=O)N(Cc1ccc(F)cc1)Cc1cccs1)C(=O)Cc1ccc(OC)cc1. The number of nitrogens with zero attached hydrogens (tertiary/aromatic N) is 2. The molecule has 0 aliphatic heterocycles. The minimum atomic E-state index is -0.313. The highest BCUT2D eigenvalue weighted by atomic mass is 32.1. The number of ether oxygens (including phenoxy) is 1. The van der Waals surface area contributed by atoms with E-state index < -0.39 is 0 Å². The van der Waals surface area contributed by atoms with Crippen molar-refractivity contribution in [1.82, 2.24) is 9.80 Å². The molecule has 1 heterocycles. The molecular weight excluding hydrogens is 451 g/mol. The van der Waals surface area contributed by atoms with E-state index in [1.54, 1.807) is 40.4 Å². The number of hydrogen-bond acceptors (Lipinski definition) is 4. The lowest BCUT2D eigenvalue weighted by molar-refractivity contribution is -0.142. The second-order valence-corrected chi connectivity index (χ2v) is 9.29. The van der Waals surface area contributed by atoms with Gasteiger partial charge >= 0.3 is 0 Å². The van der Waals surface area contributed by atoms with Gasteiger partial charge in [-0.25, -0.2) is 4.39 Å². The Morgan fingerprint density at radius 2 is 1.65 bits per heavy atom. The van der Waals surface area contributed by atoms with Gasteiger partial charge in [0.25, 0.3) is 0 Å². The van der Waals surface area contributed by atoms with Gasteiger partial charge < -0.3 is 14.5 Å². The molecule has 2 amide bonds. The lowest BCUT2D eigenvalue weighted by Gasteiger charge is -2.31. The van der Waals surface area contributed by atoms with Gasteiger partial charge in [0.05, 0.1) is 20.1 Å². The normalized spacial score (nSPS) is 11.6. The van der Waals surface area contributed by atoms with Crippen LogP contribution in [0.3, 0.4) is 0 Å². The van der Waals surface area contributed by atoms with Gasteiger partial charge in [-0.15, -0.1) is 11.3 Å². The molecule has 3 aromatic rings. The molecule has 7 heteroatoms. The van der Waals surface area contributed by atoms with Crippen molar-refractivity contribution in [3.05, 3.63) is 87.9 Å². The predicted molar refractivity (Wildman–Crippen MR) is 133 cm³/mol. The monoisotopic (exact) mass is 482 g/mol. The summed E-state index contributed by atoms with van der Waals surface area (Å²) in [7, 11) is 1.60. The number of carbonyl (C=O) groups is 2. The molecule has 0 spiro atoms. The van der Waals surface area contributed by atoms with Crippen LogP contribution in [0.5, 0.6) is 5.75 Å². The molecule has 3 rings (SSSR count). The van der Waals surface area contributed by atoms with Gasteiger partial charge in [-0.2, -0.15) is 0 Å². The summed E-state index contributed by atoms with van der Waals surface area (Å²) in [6.07, 6.45) is 0.953. The van der Waals surface area contributed by atoms with Crippen molar-refractivity contribution in [1.29, 1.82) is 0 Å². The molecule has 0 saturated heterocycles. The first-order chi connectivity index (χ1) is 16.4. The molecule has 0 saturated carbocycles. The largest absolute Gasteiger partial charge is 0.497 e. The Morgan fingerprint density at radius 1 is 0.971 bits per heavy atom. The van der Waals surface area contributed by atoms with Crippen LogP contribution >= 0.6 is 11.3 Å². The first-order valence-corrected chi connectivity index (χ1v) is 12.2. The Kier molecular flexibility index (Phi) is 9.22. The molecule has 1 atom stereocenters. The van der Waals surface area contributed by atoms with Crippen LogP contribution in [0.25, 0.3) is 0 Å². The van der Waals surface area contributed by atoms with Crippen molar-refractivity contribution >= 4 is 23.2 Å². The third-order valence-corrected chi connectivity index (χ3v) is 6.69. The van der Waals surface area contributed by atoms with Gasteiger partial charge in [0.2, 0.25) is 11.8 Å². The maximum Gasteiger partial charge on any atom is 0.242 e. The highest BCUT2D eigenvalue weighted by molar-refractivity contribution is 7.09. The Balaban J connectivity index is 1.76. The number of halogens is 1. The standard InChI is InChI=1S/C27H31FN2O3S/c1-4-20(2)30(26(31)16-21-9-13-24(33-3)14-10-21)19-27(32)29(18-25-6-5-15-34-25)17-22-7-11-23(28)12-8-22/h5-15,20H,4,16-19H2,1-3H3. The van der Waals surface area contributed by atoms with E-state index in [1.165, 1.54) is 12.1 Å². The van der Waals surface area contributed by atoms with Crippen LogP contribution in [0.2, 0.25) is 0 Å². The van der Waals surface area contributed by atoms with Crippen molar-refractivity contribution in [2.75, 3.05) is 13.7 Å². The number of rotatable bonds is 11. The van der Waals surface area contributed by atoms with E-state index in [2.05, 4.69) is 0 Å². The average Bonchev–Trinajstić information content (AvgIpc) is 3.36. The first kappa shape index (κ1) is 25.4. The molecule has 180 valence electrons. The Morgan fingerprint density at radius 3 is 2.24 bits per heavy atom. The van der Waals surface area contributed by atoms with E-state index in [-0.39, 0.29) is 36.6 Å². The van der Waals surface area contributed by atoms with Crippen molar-refractivity contribution < 1.29 is 18.7 Å². The summed E-state index contributed by atoms with van der Waals surface area (Å²) in [6.45, 7) is 4.75. The zero-order chi connectivity index (χ0) is 24.5. The van der Waals surface area contributed by atoms with Gasteiger partial charge in [0.15, 0.2) is 0 Å². The smallest absolute Gasteiger partial charge is 0.242 e. The van der Waals surface area contributed by atoms with E-state index >= 15 is 0 Å². The van der Waals surface area contributed by atoms with E-state index in [4.69, 9.17) is 4.74 Å². The summed E-state index contributed by atoms with van der Waals surface area (Å²) in [5.41, 5.74) is 1.71. The fraction of sp³-hybridized carbons (Fsp3) is 0.333. The fourth-order valence-electron chi connectivity index (χ4n) is 3.61. The van der Waals surface area contributed by atoms with Gasteiger partial charge in [-0.05, 0) is 60.2 Å². The molecule has 0 radical (unpaired) electrons. The summed E-state index contributed by atoms with van der Waals surface area (Å²) in [5.74, 6) is 0.189. The lowest BCUT2D eigenvalue weighted by Crippen LogP contribution is -2.46. The van der Waals surface area contributed by atoms with Crippen LogP contribution < -0.4 is 4.74 Å². The minimum Gasteiger partial charge on any atom is -0.497 e. The van der Waals surface area contributed by atoms with Gasteiger partial charge in [0, 0.05) is 17.5 Å². The molecule has 0 aliphatic carbocycles. The quantitative estimate of drug-likeness (QED) is 0.373. The number of benzene rings is 2. The predicted octanol–water partition coefficient (Wildman–Crippen LogP) is 5.29. The molecule has 0 N–H and O–H groups in total. The maximum absolute atomic E-state index is 13.5. The highest BCUT2D eigenvalue weighted by Crippen LogP contribution is 2.18. The Labute approximate surface area is 204 Å². The summed E-state index contributed by atoms with van der Waals surface area (Å²) < 4.78 is 18.6. The summed E-state index contributed by atoms with van der Waals surface area (Å²) in [6, 6.07) is 17.4. The Bertz CT molecular complexity index is 1050. The topological polar surface area (TPSA) is 49.9 Å². The molecule has 0 fully saturated rings. The Hall–Kier alpha value is -3.19. The highest BCUT2D eigenvalue weighted by Gasteiger charge is 2.25.